The Balaban J connectivity index is 2.30. The van der Waals surface area contributed by atoms with Gasteiger partial charge in [-0.2, -0.15) is 4.31 Å². The molecular weight excluding hydrogens is 502 g/mol. The summed E-state index contributed by atoms with van der Waals surface area (Å²) in [4.78, 5) is 27.0. The van der Waals surface area contributed by atoms with Crippen molar-refractivity contribution < 1.29 is 40.6 Å². The van der Waals surface area contributed by atoms with E-state index in [0.717, 1.165) is 20.5 Å². The zero-order valence-electron chi connectivity index (χ0n) is 19.9. The number of methoxy groups -OCH3 is 2. The van der Waals surface area contributed by atoms with Crippen LogP contribution in [0, 0.1) is 11.8 Å². The third-order valence-electron chi connectivity index (χ3n) is 5.43. The van der Waals surface area contributed by atoms with Gasteiger partial charge in [0.05, 0.1) is 31.9 Å². The van der Waals surface area contributed by atoms with E-state index < -0.39 is 44.1 Å². The van der Waals surface area contributed by atoms with E-state index in [9.17, 15) is 26.4 Å². The molecular formula is C21H29N3O9S2. The summed E-state index contributed by atoms with van der Waals surface area (Å²) in [5.41, 5.74) is -2.16. The molecule has 1 aromatic rings. The summed E-state index contributed by atoms with van der Waals surface area (Å²) in [6, 6.07) is 5.51. The van der Waals surface area contributed by atoms with E-state index in [2.05, 4.69) is 16.6 Å². The average Bonchev–Trinajstić information content (AvgIpc) is 2.84. The molecule has 0 radical (unpaired) electrons. The van der Waals surface area contributed by atoms with Crippen molar-refractivity contribution in [2.45, 2.75) is 17.4 Å². The summed E-state index contributed by atoms with van der Waals surface area (Å²) in [5, 5.41) is 0. The maximum atomic E-state index is 13.0. The maximum Gasteiger partial charge on any atom is 0.339 e. The molecule has 0 aliphatic carbocycles. The zero-order valence-corrected chi connectivity index (χ0v) is 21.6. The van der Waals surface area contributed by atoms with Crippen LogP contribution in [0.4, 0.5) is 0 Å². The Hall–Kier alpha value is -2.70. The quantitative estimate of drug-likeness (QED) is 0.227. The van der Waals surface area contributed by atoms with Crippen molar-refractivity contribution in [2.75, 3.05) is 59.8 Å². The van der Waals surface area contributed by atoms with E-state index in [1.807, 2.05) is 0 Å². The van der Waals surface area contributed by atoms with Crippen LogP contribution in [0.25, 0.3) is 0 Å². The number of ether oxygens (including phenoxy) is 3. The zero-order chi connectivity index (χ0) is 26.3. The first-order valence-corrected chi connectivity index (χ1v) is 13.7. The van der Waals surface area contributed by atoms with E-state index in [1.54, 1.807) is 6.92 Å². The molecule has 1 saturated heterocycles. The molecule has 1 fully saturated rings. The number of rotatable bonds is 10. The molecule has 1 aliphatic heterocycles. The standard InChI is InChI=1S/C21H29N3O9S2/c1-5-6-15-33-17-7-9-18(10-8-17)35(29,30)22-16-21(19(25)31-2,20(26)32-3)23-11-13-24(14-12-23)34(4,27)28/h7-10,22H,11-16H2,1-4H3. The molecule has 1 N–H and O–H groups in total. The SMILES string of the molecule is CC#CCOc1ccc(S(=O)(=O)NCC(C(=O)OC)(C(=O)OC)N2CCN(S(C)(=O)=O)CC2)cc1. The predicted octanol–water partition coefficient (Wildman–Crippen LogP) is -0.971. The lowest BCUT2D eigenvalue weighted by Gasteiger charge is -2.43. The van der Waals surface area contributed by atoms with Gasteiger partial charge in [-0.1, -0.05) is 5.92 Å². The average molecular weight is 532 g/mol. The van der Waals surface area contributed by atoms with Gasteiger partial charge >= 0.3 is 11.9 Å². The fourth-order valence-electron chi connectivity index (χ4n) is 3.53. The number of hydrogen-bond acceptors (Lipinski definition) is 10. The van der Waals surface area contributed by atoms with E-state index in [1.165, 1.54) is 33.5 Å². The van der Waals surface area contributed by atoms with E-state index in [0.29, 0.717) is 5.75 Å². The molecule has 2 rings (SSSR count). The molecule has 12 nitrogen and oxygen atoms in total. The highest BCUT2D eigenvalue weighted by molar-refractivity contribution is 7.89. The molecule has 35 heavy (non-hydrogen) atoms. The smallest absolute Gasteiger partial charge is 0.339 e. The molecule has 0 spiro atoms. The lowest BCUT2D eigenvalue weighted by molar-refractivity contribution is -0.172. The Morgan fingerprint density at radius 2 is 1.54 bits per heavy atom. The summed E-state index contributed by atoms with van der Waals surface area (Å²) < 4.78 is 68.2. The van der Waals surface area contributed by atoms with Crippen LogP contribution in [-0.4, -0.2) is 103 Å². The van der Waals surface area contributed by atoms with Gasteiger partial charge in [-0.25, -0.2) is 31.1 Å². The van der Waals surface area contributed by atoms with Gasteiger partial charge in [0, 0.05) is 26.2 Å². The fraction of sp³-hybridized carbons (Fsp3) is 0.524. The van der Waals surface area contributed by atoms with Crippen molar-refractivity contribution in [2.24, 2.45) is 0 Å². The van der Waals surface area contributed by atoms with Crippen LogP contribution >= 0.6 is 0 Å². The van der Waals surface area contributed by atoms with Crippen molar-refractivity contribution in [3.8, 4) is 17.6 Å². The van der Waals surface area contributed by atoms with Gasteiger partial charge in [-0.15, -0.1) is 5.92 Å². The van der Waals surface area contributed by atoms with Gasteiger partial charge < -0.3 is 14.2 Å². The van der Waals surface area contributed by atoms with Crippen LogP contribution in [-0.2, 0) is 39.1 Å². The molecule has 1 aliphatic rings. The Kier molecular flexibility index (Phi) is 9.64. The van der Waals surface area contributed by atoms with Crippen molar-refractivity contribution in [1.82, 2.24) is 13.9 Å². The van der Waals surface area contributed by atoms with Crippen LogP contribution in [0.3, 0.4) is 0 Å². The van der Waals surface area contributed by atoms with Crippen molar-refractivity contribution in [3.05, 3.63) is 24.3 Å². The number of nitrogens with zero attached hydrogens (tertiary/aromatic N) is 2. The van der Waals surface area contributed by atoms with Crippen LogP contribution in [0.2, 0.25) is 0 Å². The van der Waals surface area contributed by atoms with Crippen LogP contribution in [0.15, 0.2) is 29.2 Å². The Morgan fingerprint density at radius 3 is 2.00 bits per heavy atom. The monoisotopic (exact) mass is 531 g/mol. The molecule has 14 heteroatoms. The second-order valence-electron chi connectivity index (χ2n) is 7.50. The second-order valence-corrected chi connectivity index (χ2v) is 11.3. The van der Waals surface area contributed by atoms with E-state index in [-0.39, 0.29) is 37.7 Å². The first-order chi connectivity index (χ1) is 16.4. The summed E-state index contributed by atoms with van der Waals surface area (Å²) >= 11 is 0. The summed E-state index contributed by atoms with van der Waals surface area (Å²) in [5.74, 6) is 3.73. The molecule has 1 aromatic carbocycles. The minimum absolute atomic E-state index is 0.00874. The highest BCUT2D eigenvalue weighted by Gasteiger charge is 2.55. The van der Waals surface area contributed by atoms with E-state index in [4.69, 9.17) is 14.2 Å². The lowest BCUT2D eigenvalue weighted by Crippen LogP contribution is -2.69. The molecule has 0 aromatic heterocycles. The number of piperazine rings is 1. The first kappa shape index (κ1) is 28.5. The van der Waals surface area contributed by atoms with Gasteiger partial charge in [-0.05, 0) is 31.2 Å². The van der Waals surface area contributed by atoms with Crippen LogP contribution < -0.4 is 9.46 Å². The number of sulfonamides is 2. The Bertz CT molecular complexity index is 1160. The Labute approximate surface area is 205 Å². The molecule has 0 atom stereocenters. The number of hydrogen-bond donors (Lipinski definition) is 1. The summed E-state index contributed by atoms with van der Waals surface area (Å²) in [6.07, 6.45) is 1.05. The largest absolute Gasteiger partial charge is 0.481 e. The highest BCUT2D eigenvalue weighted by Crippen LogP contribution is 2.24. The van der Waals surface area contributed by atoms with Crippen molar-refractivity contribution >= 4 is 32.0 Å². The summed E-state index contributed by atoms with van der Waals surface area (Å²) in [7, 11) is -5.54. The second kappa shape index (κ2) is 11.8. The van der Waals surface area contributed by atoms with Gasteiger partial charge in [-0.3, -0.25) is 4.90 Å². The fourth-order valence-corrected chi connectivity index (χ4v) is 5.41. The minimum Gasteiger partial charge on any atom is -0.481 e. The summed E-state index contributed by atoms with van der Waals surface area (Å²) in [6.45, 7) is 1.03. The molecule has 0 bridgehead atoms. The Morgan fingerprint density at radius 1 is 1.00 bits per heavy atom. The molecule has 194 valence electrons. The number of benzene rings is 1. The normalized spacial score (nSPS) is 15.5. The number of carbonyl (C=O) groups is 2. The van der Waals surface area contributed by atoms with Crippen LogP contribution in [0.5, 0.6) is 5.75 Å². The van der Waals surface area contributed by atoms with Gasteiger partial charge in [0.1, 0.15) is 12.4 Å². The number of nitrogens with one attached hydrogen (secondary N) is 1. The first-order valence-electron chi connectivity index (χ1n) is 10.4. The van der Waals surface area contributed by atoms with Crippen molar-refractivity contribution in [3.63, 3.8) is 0 Å². The van der Waals surface area contributed by atoms with Gasteiger partial charge in [0.25, 0.3) is 0 Å². The molecule has 1 heterocycles. The van der Waals surface area contributed by atoms with Gasteiger partial charge in [0.15, 0.2) is 0 Å². The van der Waals surface area contributed by atoms with Crippen molar-refractivity contribution in [1.29, 1.82) is 0 Å². The molecule has 0 amide bonds. The van der Waals surface area contributed by atoms with Gasteiger partial charge in [0.2, 0.25) is 25.6 Å². The third kappa shape index (κ3) is 6.71. The number of carbonyl (C=O) groups excluding carboxylic acids is 2. The topological polar surface area (TPSA) is 149 Å². The third-order valence-corrected chi connectivity index (χ3v) is 8.15. The van der Waals surface area contributed by atoms with E-state index >= 15 is 0 Å². The maximum absolute atomic E-state index is 13.0. The predicted molar refractivity (Wildman–Crippen MR) is 125 cm³/mol. The van der Waals surface area contributed by atoms with Crippen LogP contribution in [0.1, 0.15) is 6.92 Å². The minimum atomic E-state index is -4.17. The molecule has 0 unspecified atom stereocenters. The lowest BCUT2D eigenvalue weighted by atomic mass is 9.96. The highest BCUT2D eigenvalue weighted by atomic mass is 32.2. The molecule has 0 saturated carbocycles. The number of esters is 2.